The molecule has 2 atom stereocenters. The zero-order chi connectivity index (χ0) is 15.0. The molecular weight excluding hydrogens is 264 g/mol. The van der Waals surface area contributed by atoms with Crippen molar-refractivity contribution in [1.82, 2.24) is 5.32 Å². The van der Waals surface area contributed by atoms with Gasteiger partial charge in [-0.15, -0.1) is 0 Å². The summed E-state index contributed by atoms with van der Waals surface area (Å²) in [5, 5.41) is 13.1. The van der Waals surface area contributed by atoms with E-state index in [-0.39, 0.29) is 11.9 Å². The smallest absolute Gasteiger partial charge is 0.252 e. The summed E-state index contributed by atoms with van der Waals surface area (Å²) in [6.07, 6.45) is -0.0236. The van der Waals surface area contributed by atoms with Crippen LogP contribution in [0.3, 0.4) is 0 Å². The van der Waals surface area contributed by atoms with Crippen molar-refractivity contribution < 1.29 is 9.90 Å². The number of fused-ring (bicyclic) bond motifs is 1. The molecule has 4 nitrogen and oxygen atoms in total. The maximum absolute atomic E-state index is 12.5. The van der Waals surface area contributed by atoms with E-state index < -0.39 is 6.10 Å². The molecule has 2 aromatic rings. The molecule has 1 amide bonds. The maximum atomic E-state index is 12.5. The number of hydrogen-bond acceptors (Lipinski definition) is 3. The molecule has 108 valence electrons. The molecule has 1 aliphatic carbocycles. The molecule has 0 aliphatic heterocycles. The quantitative estimate of drug-likeness (QED) is 0.737. The van der Waals surface area contributed by atoms with Crippen LogP contribution in [0.2, 0.25) is 0 Å². The zero-order valence-electron chi connectivity index (χ0n) is 11.8. The number of nitrogens with one attached hydrogen (secondary N) is 1. The summed E-state index contributed by atoms with van der Waals surface area (Å²) in [4.78, 5) is 12.5. The fraction of sp³-hybridized carbons (Fsp3) is 0.235. The highest BCUT2D eigenvalue weighted by Gasteiger charge is 2.32. The van der Waals surface area contributed by atoms with Crippen LogP contribution >= 0.6 is 0 Å². The second-order valence-electron chi connectivity index (χ2n) is 5.44. The normalized spacial score (nSPS) is 20.1. The van der Waals surface area contributed by atoms with Crippen LogP contribution in [0.5, 0.6) is 0 Å². The van der Waals surface area contributed by atoms with Gasteiger partial charge in [0.25, 0.3) is 5.91 Å². The number of amides is 1. The Labute approximate surface area is 123 Å². The van der Waals surface area contributed by atoms with Gasteiger partial charge in [0.1, 0.15) is 0 Å². The summed E-state index contributed by atoms with van der Waals surface area (Å²) in [7, 11) is 0. The first kappa shape index (κ1) is 13.6. The molecule has 4 heteroatoms. The summed E-state index contributed by atoms with van der Waals surface area (Å²) >= 11 is 0. The summed E-state index contributed by atoms with van der Waals surface area (Å²) < 4.78 is 0. The number of aliphatic hydroxyl groups excluding tert-OH is 1. The molecule has 4 N–H and O–H groups in total. The number of carbonyl (C=O) groups is 1. The average molecular weight is 282 g/mol. The van der Waals surface area contributed by atoms with Crippen LogP contribution in [0, 0.1) is 6.92 Å². The fourth-order valence-electron chi connectivity index (χ4n) is 2.87. The predicted molar refractivity (Wildman–Crippen MR) is 82.0 cm³/mol. The Morgan fingerprint density at radius 1 is 1.24 bits per heavy atom. The molecule has 2 aromatic carbocycles. The van der Waals surface area contributed by atoms with Gasteiger partial charge in [-0.25, -0.2) is 0 Å². The number of nitrogen functional groups attached to an aromatic ring is 1. The lowest BCUT2D eigenvalue weighted by Gasteiger charge is -2.19. The van der Waals surface area contributed by atoms with Gasteiger partial charge in [0.05, 0.1) is 12.1 Å². The number of hydrogen-bond donors (Lipinski definition) is 3. The topological polar surface area (TPSA) is 75.4 Å². The second-order valence-corrected chi connectivity index (χ2v) is 5.44. The van der Waals surface area contributed by atoms with E-state index in [4.69, 9.17) is 5.73 Å². The van der Waals surface area contributed by atoms with E-state index in [1.165, 1.54) is 0 Å². The first-order chi connectivity index (χ1) is 10.1. The average Bonchev–Trinajstić information content (AvgIpc) is 2.78. The Bertz CT molecular complexity index is 697. The zero-order valence-corrected chi connectivity index (χ0v) is 11.8. The van der Waals surface area contributed by atoms with E-state index in [1.807, 2.05) is 31.2 Å². The number of nitrogens with two attached hydrogens (primary N) is 1. The molecule has 0 radical (unpaired) electrons. The molecule has 0 bridgehead atoms. The van der Waals surface area contributed by atoms with Crippen LogP contribution in [0.4, 0.5) is 5.69 Å². The fourth-order valence-corrected chi connectivity index (χ4v) is 2.87. The first-order valence-electron chi connectivity index (χ1n) is 6.99. The molecule has 0 saturated carbocycles. The predicted octanol–water partition coefficient (Wildman–Crippen LogP) is 1.97. The molecule has 0 spiro atoms. The molecular formula is C17H18N2O2. The van der Waals surface area contributed by atoms with Crippen molar-refractivity contribution in [3.8, 4) is 0 Å². The van der Waals surface area contributed by atoms with Gasteiger partial charge >= 0.3 is 0 Å². The van der Waals surface area contributed by atoms with Gasteiger partial charge in [0.2, 0.25) is 0 Å². The van der Waals surface area contributed by atoms with Crippen LogP contribution in [0.1, 0.15) is 33.1 Å². The molecule has 1 aliphatic rings. The SMILES string of the molecule is Cc1c(N)cccc1C(=O)N[C@@H]1c2ccccc2C[C@@H]1O. The summed E-state index contributed by atoms with van der Waals surface area (Å²) in [6.45, 7) is 1.82. The Hall–Kier alpha value is -2.33. The largest absolute Gasteiger partial charge is 0.398 e. The van der Waals surface area contributed by atoms with Gasteiger partial charge in [0, 0.05) is 17.7 Å². The van der Waals surface area contributed by atoms with E-state index in [0.29, 0.717) is 17.7 Å². The van der Waals surface area contributed by atoms with Gasteiger partial charge in [-0.3, -0.25) is 4.79 Å². The Morgan fingerprint density at radius 2 is 2.00 bits per heavy atom. The molecule has 0 aromatic heterocycles. The van der Waals surface area contributed by atoms with E-state index in [2.05, 4.69) is 5.32 Å². The lowest BCUT2D eigenvalue weighted by atomic mass is 10.0. The number of aliphatic hydroxyl groups is 1. The third-order valence-electron chi connectivity index (χ3n) is 4.11. The van der Waals surface area contributed by atoms with Gasteiger partial charge < -0.3 is 16.2 Å². The maximum Gasteiger partial charge on any atom is 0.252 e. The van der Waals surface area contributed by atoms with Gasteiger partial charge in [-0.1, -0.05) is 30.3 Å². The Kier molecular flexibility index (Phi) is 3.39. The van der Waals surface area contributed by atoms with Crippen LogP contribution in [-0.4, -0.2) is 17.1 Å². The molecule has 0 saturated heterocycles. The number of anilines is 1. The van der Waals surface area contributed by atoms with Crippen LogP contribution in [0.25, 0.3) is 0 Å². The highest BCUT2D eigenvalue weighted by molar-refractivity contribution is 5.97. The minimum atomic E-state index is -0.590. The van der Waals surface area contributed by atoms with Crippen molar-refractivity contribution in [2.45, 2.75) is 25.5 Å². The number of carbonyl (C=O) groups excluding carboxylic acids is 1. The summed E-state index contributed by atoms with van der Waals surface area (Å²) in [5.41, 5.74) is 9.81. The summed E-state index contributed by atoms with van der Waals surface area (Å²) in [6, 6.07) is 12.7. The van der Waals surface area contributed by atoms with Crippen molar-refractivity contribution in [3.05, 3.63) is 64.7 Å². The first-order valence-corrected chi connectivity index (χ1v) is 6.99. The third-order valence-corrected chi connectivity index (χ3v) is 4.11. The molecule has 0 unspecified atom stereocenters. The third kappa shape index (κ3) is 2.38. The van der Waals surface area contributed by atoms with Crippen molar-refractivity contribution in [1.29, 1.82) is 0 Å². The molecule has 0 fully saturated rings. The molecule has 0 heterocycles. The lowest BCUT2D eigenvalue weighted by molar-refractivity contribution is 0.0857. The van der Waals surface area contributed by atoms with Crippen molar-refractivity contribution in [3.63, 3.8) is 0 Å². The number of benzene rings is 2. The minimum Gasteiger partial charge on any atom is -0.398 e. The van der Waals surface area contributed by atoms with Crippen molar-refractivity contribution >= 4 is 11.6 Å². The van der Waals surface area contributed by atoms with Crippen LogP contribution in [0.15, 0.2) is 42.5 Å². The van der Waals surface area contributed by atoms with Crippen molar-refractivity contribution in [2.75, 3.05) is 5.73 Å². The van der Waals surface area contributed by atoms with E-state index in [0.717, 1.165) is 16.7 Å². The highest BCUT2D eigenvalue weighted by atomic mass is 16.3. The number of rotatable bonds is 2. The Balaban J connectivity index is 1.87. The minimum absolute atomic E-state index is 0.208. The van der Waals surface area contributed by atoms with E-state index >= 15 is 0 Å². The molecule has 3 rings (SSSR count). The standard InChI is InChI=1S/C17H18N2O2/c1-10-12(7-4-8-14(10)18)17(21)19-16-13-6-3-2-5-11(13)9-15(16)20/h2-8,15-16,20H,9,18H2,1H3,(H,19,21)/t15-,16+/m0/s1. The van der Waals surface area contributed by atoms with Crippen LogP contribution < -0.4 is 11.1 Å². The van der Waals surface area contributed by atoms with E-state index in [1.54, 1.807) is 18.2 Å². The summed E-state index contributed by atoms with van der Waals surface area (Å²) in [5.74, 6) is -0.208. The van der Waals surface area contributed by atoms with E-state index in [9.17, 15) is 9.90 Å². The van der Waals surface area contributed by atoms with Crippen molar-refractivity contribution in [2.24, 2.45) is 0 Å². The molecule has 21 heavy (non-hydrogen) atoms. The van der Waals surface area contributed by atoms with Crippen LogP contribution in [-0.2, 0) is 6.42 Å². The monoisotopic (exact) mass is 282 g/mol. The van der Waals surface area contributed by atoms with Gasteiger partial charge in [0.15, 0.2) is 0 Å². The van der Waals surface area contributed by atoms with Gasteiger partial charge in [-0.05, 0) is 35.7 Å². The highest BCUT2D eigenvalue weighted by Crippen LogP contribution is 2.31. The lowest BCUT2D eigenvalue weighted by Crippen LogP contribution is -2.34. The second kappa shape index (κ2) is 5.22. The Morgan fingerprint density at radius 3 is 2.81 bits per heavy atom. The van der Waals surface area contributed by atoms with Gasteiger partial charge in [-0.2, -0.15) is 0 Å².